The molecule has 232 valence electrons. The topological polar surface area (TPSA) is 199 Å². The lowest BCUT2D eigenvalue weighted by molar-refractivity contribution is -0.368. The third kappa shape index (κ3) is 19.0. The Hall–Kier alpha value is -1.25. The molecule has 1 fully saturated rings. The number of amides is 5. The number of hydrogen-bond donors (Lipinski definition) is 8. The Balaban J connectivity index is 0.00000354. The SMILES string of the molecule is CC(C)C.CC(S)C[C@H](NC(=O)CNC(=O)[C@H](CCCC[NH3+])NC(=O)[C@H](P)NC(=O)C1CSSCCN1)C(N)=O. The van der Waals surface area contributed by atoms with Crippen LogP contribution in [0, 0.1) is 5.92 Å². The van der Waals surface area contributed by atoms with Crippen LogP contribution in [0.1, 0.15) is 53.4 Å². The van der Waals surface area contributed by atoms with Crippen LogP contribution in [0.2, 0.25) is 0 Å². The van der Waals surface area contributed by atoms with Gasteiger partial charge in [-0.1, -0.05) is 49.3 Å². The molecule has 10 N–H and O–H groups in total. The number of nitrogens with two attached hydrogens (primary N) is 1. The highest BCUT2D eigenvalue weighted by atomic mass is 33.1. The first-order chi connectivity index (χ1) is 18.8. The maximum atomic E-state index is 12.8. The van der Waals surface area contributed by atoms with Gasteiger partial charge in [0.15, 0.2) is 0 Å². The van der Waals surface area contributed by atoms with Crippen molar-refractivity contribution in [2.24, 2.45) is 11.7 Å². The molecule has 0 aromatic carbocycles. The smallest absolute Gasteiger partial charge is 0.247 e. The number of thiol groups is 1. The standard InChI is InChI=1S/C20H38N7O5PS3.C4H10/c1-11(34)8-13(16(22)29)25-15(28)9-24-17(30)12(4-2-3-5-21)26-19(32)20(33)27-18(31)14-10-36-35-7-6-23-14;1-4(2)3/h11-14,20,23,34H,2-10,21,33H2,1H3,(H2,22,29)(H,24,30)(H,25,28)(H,26,32)(H,27,31);4H,1-3H3/p+1/t11?,12-,13-,14?,20-;/m0./s1. The fraction of sp³-hybridized carbons (Fsp3) is 0.792. The van der Waals surface area contributed by atoms with Crippen LogP contribution in [0.4, 0.5) is 0 Å². The lowest BCUT2D eigenvalue weighted by Crippen LogP contribution is -2.55. The molecule has 0 radical (unpaired) electrons. The first-order valence-electron chi connectivity index (χ1n) is 13.5. The van der Waals surface area contributed by atoms with E-state index in [1.807, 2.05) is 0 Å². The van der Waals surface area contributed by atoms with Crippen LogP contribution in [0.25, 0.3) is 0 Å². The maximum Gasteiger partial charge on any atom is 0.247 e. The quantitative estimate of drug-likeness (QED) is 0.0482. The van der Waals surface area contributed by atoms with Crippen LogP contribution < -0.4 is 38.1 Å². The van der Waals surface area contributed by atoms with Crippen LogP contribution in [-0.2, 0) is 24.0 Å². The van der Waals surface area contributed by atoms with E-state index in [2.05, 4.69) is 75.0 Å². The van der Waals surface area contributed by atoms with Crippen molar-refractivity contribution in [2.75, 3.05) is 31.1 Å². The number of primary amides is 1. The molecule has 3 unspecified atom stereocenters. The van der Waals surface area contributed by atoms with E-state index in [0.29, 0.717) is 31.7 Å². The van der Waals surface area contributed by atoms with Crippen LogP contribution in [0.3, 0.4) is 0 Å². The van der Waals surface area contributed by atoms with Gasteiger partial charge in [-0.2, -0.15) is 12.6 Å². The van der Waals surface area contributed by atoms with Crippen molar-refractivity contribution in [3.05, 3.63) is 0 Å². The van der Waals surface area contributed by atoms with Crippen molar-refractivity contribution in [3.8, 4) is 0 Å². The van der Waals surface area contributed by atoms with Crippen LogP contribution in [0.15, 0.2) is 0 Å². The molecule has 0 aromatic rings. The Morgan fingerprint density at radius 1 is 1.02 bits per heavy atom. The summed E-state index contributed by atoms with van der Waals surface area (Å²) in [6.07, 6.45) is 1.97. The highest BCUT2D eigenvalue weighted by Crippen LogP contribution is 2.23. The molecular weight excluding hydrogens is 593 g/mol. The van der Waals surface area contributed by atoms with E-state index >= 15 is 0 Å². The summed E-state index contributed by atoms with van der Waals surface area (Å²) >= 11 is 4.20. The van der Waals surface area contributed by atoms with E-state index < -0.39 is 54.1 Å². The molecule has 0 spiro atoms. The Kier molecular flexibility index (Phi) is 21.7. The van der Waals surface area contributed by atoms with Gasteiger partial charge in [0.1, 0.15) is 17.9 Å². The number of unbranched alkanes of at least 4 members (excludes halogenated alkanes) is 1. The van der Waals surface area contributed by atoms with Gasteiger partial charge in [-0.25, -0.2) is 0 Å². The second-order valence-corrected chi connectivity index (χ2v) is 14.2. The Bertz CT molecular complexity index is 800. The molecule has 1 rings (SSSR count). The largest absolute Gasteiger partial charge is 0.368 e. The van der Waals surface area contributed by atoms with Gasteiger partial charge in [0.2, 0.25) is 29.5 Å². The minimum atomic E-state index is -0.939. The van der Waals surface area contributed by atoms with Gasteiger partial charge >= 0.3 is 0 Å². The fourth-order valence-electron chi connectivity index (χ4n) is 3.18. The van der Waals surface area contributed by atoms with Gasteiger partial charge in [0.05, 0.1) is 19.1 Å². The average molecular weight is 643 g/mol. The summed E-state index contributed by atoms with van der Waals surface area (Å²) in [7, 11) is 5.55. The summed E-state index contributed by atoms with van der Waals surface area (Å²) in [4.78, 5) is 61.8. The number of quaternary nitrogens is 1. The first kappa shape index (κ1) is 38.8. The van der Waals surface area contributed by atoms with E-state index in [1.165, 1.54) is 0 Å². The van der Waals surface area contributed by atoms with Gasteiger partial charge in [0.25, 0.3) is 0 Å². The molecule has 0 aromatic heterocycles. The van der Waals surface area contributed by atoms with E-state index in [0.717, 1.165) is 18.1 Å². The van der Waals surface area contributed by atoms with Gasteiger partial charge in [-0.3, -0.25) is 24.0 Å². The van der Waals surface area contributed by atoms with Crippen molar-refractivity contribution in [2.45, 2.75) is 82.5 Å². The third-order valence-electron chi connectivity index (χ3n) is 5.10. The normalized spacial score (nSPS) is 18.1. The zero-order valence-corrected chi connectivity index (χ0v) is 27.7. The molecule has 0 aliphatic carbocycles. The molecule has 1 saturated heterocycles. The second-order valence-electron chi connectivity index (χ2n) is 10.1. The molecule has 1 aliphatic rings. The summed E-state index contributed by atoms with van der Waals surface area (Å²) in [6.45, 7) is 9.24. The van der Waals surface area contributed by atoms with Crippen molar-refractivity contribution in [1.82, 2.24) is 26.6 Å². The van der Waals surface area contributed by atoms with E-state index in [1.54, 1.807) is 28.5 Å². The summed E-state index contributed by atoms with van der Waals surface area (Å²) in [5.41, 5.74) is 9.09. The van der Waals surface area contributed by atoms with Crippen LogP contribution >= 0.6 is 43.5 Å². The number of carbonyl (C=O) groups excluding carboxylic acids is 5. The zero-order chi connectivity index (χ0) is 30.7. The molecular formula is C24H49N7O5PS3+. The summed E-state index contributed by atoms with van der Waals surface area (Å²) < 4.78 is 0. The predicted molar refractivity (Wildman–Crippen MR) is 170 cm³/mol. The Morgan fingerprint density at radius 3 is 2.25 bits per heavy atom. The molecule has 6 atom stereocenters. The van der Waals surface area contributed by atoms with E-state index in [4.69, 9.17) is 5.73 Å². The molecule has 16 heteroatoms. The Morgan fingerprint density at radius 2 is 1.68 bits per heavy atom. The molecule has 0 bridgehead atoms. The number of carbonyl (C=O) groups is 5. The van der Waals surface area contributed by atoms with E-state index in [-0.39, 0.29) is 17.6 Å². The van der Waals surface area contributed by atoms with Crippen molar-refractivity contribution >= 4 is 73.0 Å². The van der Waals surface area contributed by atoms with Crippen LogP contribution in [-0.4, -0.2) is 89.8 Å². The lowest BCUT2D eigenvalue weighted by Gasteiger charge is -2.23. The van der Waals surface area contributed by atoms with Crippen molar-refractivity contribution in [1.29, 1.82) is 0 Å². The summed E-state index contributed by atoms with van der Waals surface area (Å²) in [5.74, 6) is -1.31. The van der Waals surface area contributed by atoms with Gasteiger partial charge < -0.3 is 38.1 Å². The average Bonchev–Trinajstić information content (AvgIpc) is 3.15. The fourth-order valence-corrected chi connectivity index (χ4v) is 5.77. The highest BCUT2D eigenvalue weighted by Gasteiger charge is 2.28. The van der Waals surface area contributed by atoms with E-state index in [9.17, 15) is 24.0 Å². The predicted octanol–water partition coefficient (Wildman–Crippen LogP) is -0.989. The minimum absolute atomic E-state index is 0.165. The highest BCUT2D eigenvalue weighted by molar-refractivity contribution is 8.76. The summed E-state index contributed by atoms with van der Waals surface area (Å²) in [6, 6.07) is -2.23. The molecule has 5 amide bonds. The lowest BCUT2D eigenvalue weighted by atomic mass is 10.1. The van der Waals surface area contributed by atoms with Gasteiger partial charge in [-0.05, 0) is 31.6 Å². The number of rotatable bonds is 15. The summed E-state index contributed by atoms with van der Waals surface area (Å²) in [5, 5.41) is 13.3. The Labute approximate surface area is 254 Å². The zero-order valence-electron chi connectivity index (χ0n) is 24.0. The second kappa shape index (κ2) is 22.4. The number of hydrogen-bond acceptors (Lipinski definition) is 9. The minimum Gasteiger partial charge on any atom is -0.368 e. The molecule has 0 saturated carbocycles. The van der Waals surface area contributed by atoms with Crippen molar-refractivity contribution in [3.63, 3.8) is 0 Å². The first-order valence-corrected chi connectivity index (χ1v) is 17.1. The van der Waals surface area contributed by atoms with Gasteiger partial charge in [0, 0.05) is 23.3 Å². The number of nitrogens with one attached hydrogen (secondary N) is 5. The third-order valence-corrected chi connectivity index (χ3v) is 8.19. The van der Waals surface area contributed by atoms with Crippen LogP contribution in [0.5, 0.6) is 0 Å². The molecule has 1 aliphatic heterocycles. The van der Waals surface area contributed by atoms with Gasteiger partial charge in [-0.15, -0.1) is 9.24 Å². The molecule has 1 heterocycles. The van der Waals surface area contributed by atoms with Crippen molar-refractivity contribution < 1.29 is 29.7 Å². The molecule has 12 nitrogen and oxygen atoms in total. The monoisotopic (exact) mass is 642 g/mol. The molecule has 40 heavy (non-hydrogen) atoms. The maximum absolute atomic E-state index is 12.8.